The fourth-order valence-electron chi connectivity index (χ4n) is 1.02. The molecule has 2 N–H and O–H groups in total. The van der Waals surface area contributed by atoms with Crippen molar-refractivity contribution in [3.63, 3.8) is 0 Å². The normalized spacial score (nSPS) is 14.7. The summed E-state index contributed by atoms with van der Waals surface area (Å²) in [6.07, 6.45) is 3.07. The number of hydrogen-bond acceptors (Lipinski definition) is 3. The zero-order valence-corrected chi connectivity index (χ0v) is 10.8. The minimum absolute atomic E-state index is 0.00509. The second kappa shape index (κ2) is 7.99. The van der Waals surface area contributed by atoms with Crippen molar-refractivity contribution in [2.75, 3.05) is 18.1 Å². The van der Waals surface area contributed by atoms with E-state index in [0.717, 1.165) is 25.0 Å². The maximum atomic E-state index is 11.5. The summed E-state index contributed by atoms with van der Waals surface area (Å²) in [5.41, 5.74) is -0.456. The molecule has 1 amide bonds. The monoisotopic (exact) mass is 233 g/mol. The molecule has 0 rings (SSSR count). The van der Waals surface area contributed by atoms with E-state index in [2.05, 4.69) is 12.2 Å². The SMILES string of the molecule is CCCCSCC(=O)NC(C)(CC)CO. The van der Waals surface area contributed by atoms with Gasteiger partial charge < -0.3 is 10.4 Å². The number of aliphatic hydroxyl groups is 1. The predicted molar refractivity (Wildman–Crippen MR) is 66.2 cm³/mol. The molecule has 0 fully saturated rings. The highest BCUT2D eigenvalue weighted by atomic mass is 32.2. The average Bonchev–Trinajstić information content (AvgIpc) is 2.24. The molecular weight excluding hydrogens is 210 g/mol. The summed E-state index contributed by atoms with van der Waals surface area (Å²) in [4.78, 5) is 11.5. The first kappa shape index (κ1) is 14.8. The quantitative estimate of drug-likeness (QED) is 0.629. The zero-order valence-electron chi connectivity index (χ0n) is 10.0. The third-order valence-electron chi connectivity index (χ3n) is 2.45. The topological polar surface area (TPSA) is 49.3 Å². The molecule has 0 aliphatic rings. The number of carbonyl (C=O) groups is 1. The van der Waals surface area contributed by atoms with Gasteiger partial charge in [0, 0.05) is 0 Å². The van der Waals surface area contributed by atoms with Crippen LogP contribution in [0.25, 0.3) is 0 Å². The van der Waals surface area contributed by atoms with Gasteiger partial charge in [-0.2, -0.15) is 11.8 Å². The number of rotatable bonds is 8. The molecule has 3 nitrogen and oxygen atoms in total. The Morgan fingerprint density at radius 2 is 2.13 bits per heavy atom. The van der Waals surface area contributed by atoms with Crippen LogP contribution in [0.1, 0.15) is 40.0 Å². The van der Waals surface area contributed by atoms with E-state index >= 15 is 0 Å². The fourth-order valence-corrected chi connectivity index (χ4v) is 1.92. The lowest BCUT2D eigenvalue weighted by Crippen LogP contribution is -2.49. The van der Waals surface area contributed by atoms with E-state index < -0.39 is 5.54 Å². The Morgan fingerprint density at radius 1 is 1.47 bits per heavy atom. The van der Waals surface area contributed by atoms with Crippen LogP contribution >= 0.6 is 11.8 Å². The Balaban J connectivity index is 3.72. The molecule has 0 radical (unpaired) electrons. The van der Waals surface area contributed by atoms with E-state index in [1.165, 1.54) is 0 Å². The maximum absolute atomic E-state index is 11.5. The van der Waals surface area contributed by atoms with Crippen LogP contribution < -0.4 is 5.32 Å². The van der Waals surface area contributed by atoms with Crippen LogP contribution in [-0.4, -0.2) is 34.7 Å². The second-order valence-corrected chi connectivity index (χ2v) is 5.13. The summed E-state index contributed by atoms with van der Waals surface area (Å²) >= 11 is 1.65. The van der Waals surface area contributed by atoms with Crippen molar-refractivity contribution in [2.24, 2.45) is 0 Å². The molecular formula is C11H23NO2S. The summed E-state index contributed by atoms with van der Waals surface area (Å²) in [6, 6.07) is 0. The molecule has 1 unspecified atom stereocenters. The van der Waals surface area contributed by atoms with E-state index in [4.69, 9.17) is 5.11 Å². The molecule has 0 aromatic rings. The van der Waals surface area contributed by atoms with Crippen LogP contribution in [0.5, 0.6) is 0 Å². The Bertz CT molecular complexity index is 181. The van der Waals surface area contributed by atoms with Crippen LogP contribution in [0.2, 0.25) is 0 Å². The third kappa shape index (κ3) is 6.79. The lowest BCUT2D eigenvalue weighted by Gasteiger charge is -2.27. The Hall–Kier alpha value is -0.220. The number of nitrogens with one attached hydrogen (secondary N) is 1. The fraction of sp³-hybridized carbons (Fsp3) is 0.909. The highest BCUT2D eigenvalue weighted by molar-refractivity contribution is 7.99. The van der Waals surface area contributed by atoms with Crippen molar-refractivity contribution in [1.29, 1.82) is 0 Å². The summed E-state index contributed by atoms with van der Waals surface area (Å²) in [5.74, 6) is 1.55. The Labute approximate surface area is 97.0 Å². The molecule has 0 saturated heterocycles. The van der Waals surface area contributed by atoms with Crippen molar-refractivity contribution in [3.05, 3.63) is 0 Å². The van der Waals surface area contributed by atoms with E-state index in [0.29, 0.717) is 5.75 Å². The first-order valence-electron chi connectivity index (χ1n) is 5.57. The molecule has 0 aliphatic heterocycles. The predicted octanol–water partition coefficient (Wildman–Crippen LogP) is 1.80. The lowest BCUT2D eigenvalue weighted by atomic mass is 10.0. The van der Waals surface area contributed by atoms with Crippen LogP contribution in [-0.2, 0) is 4.79 Å². The van der Waals surface area contributed by atoms with Crippen molar-refractivity contribution < 1.29 is 9.90 Å². The smallest absolute Gasteiger partial charge is 0.230 e. The van der Waals surface area contributed by atoms with Crippen molar-refractivity contribution in [2.45, 2.75) is 45.6 Å². The van der Waals surface area contributed by atoms with Gasteiger partial charge in [-0.15, -0.1) is 0 Å². The van der Waals surface area contributed by atoms with E-state index in [1.54, 1.807) is 11.8 Å². The molecule has 4 heteroatoms. The van der Waals surface area contributed by atoms with Crippen LogP contribution in [0.15, 0.2) is 0 Å². The number of unbranched alkanes of at least 4 members (excludes halogenated alkanes) is 1. The van der Waals surface area contributed by atoms with Gasteiger partial charge in [-0.1, -0.05) is 20.3 Å². The van der Waals surface area contributed by atoms with Crippen molar-refractivity contribution in [3.8, 4) is 0 Å². The summed E-state index contributed by atoms with van der Waals surface area (Å²) in [5, 5.41) is 12.0. The molecule has 0 aliphatic carbocycles. The molecule has 0 aromatic heterocycles. The largest absolute Gasteiger partial charge is 0.394 e. The zero-order chi connectivity index (χ0) is 11.7. The second-order valence-electron chi connectivity index (χ2n) is 4.03. The minimum atomic E-state index is -0.456. The van der Waals surface area contributed by atoms with Crippen LogP contribution in [0, 0.1) is 0 Å². The molecule has 0 spiro atoms. The highest BCUT2D eigenvalue weighted by Crippen LogP contribution is 2.09. The van der Waals surface area contributed by atoms with Gasteiger partial charge in [0.15, 0.2) is 0 Å². The maximum Gasteiger partial charge on any atom is 0.230 e. The molecule has 90 valence electrons. The summed E-state index contributed by atoms with van der Waals surface area (Å²) < 4.78 is 0. The van der Waals surface area contributed by atoms with Gasteiger partial charge in [-0.3, -0.25) is 4.79 Å². The van der Waals surface area contributed by atoms with E-state index in [9.17, 15) is 4.79 Å². The van der Waals surface area contributed by atoms with Gasteiger partial charge in [0.25, 0.3) is 0 Å². The van der Waals surface area contributed by atoms with Gasteiger partial charge in [0.05, 0.1) is 17.9 Å². The van der Waals surface area contributed by atoms with Crippen LogP contribution in [0.3, 0.4) is 0 Å². The van der Waals surface area contributed by atoms with Gasteiger partial charge in [0.1, 0.15) is 0 Å². The summed E-state index contributed by atoms with van der Waals surface area (Å²) in [7, 11) is 0. The van der Waals surface area contributed by atoms with E-state index in [1.807, 2.05) is 13.8 Å². The number of thioether (sulfide) groups is 1. The molecule has 0 saturated carbocycles. The van der Waals surface area contributed by atoms with Crippen molar-refractivity contribution in [1.82, 2.24) is 5.32 Å². The average molecular weight is 233 g/mol. The Morgan fingerprint density at radius 3 is 2.60 bits per heavy atom. The highest BCUT2D eigenvalue weighted by Gasteiger charge is 2.22. The standard InChI is InChI=1S/C11H23NO2S/c1-4-6-7-15-8-10(14)12-11(3,5-2)9-13/h13H,4-9H2,1-3H3,(H,12,14). The van der Waals surface area contributed by atoms with Gasteiger partial charge in [-0.05, 0) is 25.5 Å². The third-order valence-corrected chi connectivity index (χ3v) is 3.49. The van der Waals surface area contributed by atoms with Gasteiger partial charge in [0.2, 0.25) is 5.91 Å². The van der Waals surface area contributed by atoms with Crippen molar-refractivity contribution >= 4 is 17.7 Å². The Kier molecular flexibility index (Phi) is 7.88. The van der Waals surface area contributed by atoms with Gasteiger partial charge >= 0.3 is 0 Å². The first-order chi connectivity index (χ1) is 7.08. The van der Waals surface area contributed by atoms with Gasteiger partial charge in [-0.25, -0.2) is 0 Å². The molecule has 0 bridgehead atoms. The number of hydrogen-bond donors (Lipinski definition) is 2. The minimum Gasteiger partial charge on any atom is -0.394 e. The molecule has 15 heavy (non-hydrogen) atoms. The molecule has 1 atom stereocenters. The number of carbonyl (C=O) groups excluding carboxylic acids is 1. The first-order valence-corrected chi connectivity index (χ1v) is 6.73. The number of amides is 1. The lowest BCUT2D eigenvalue weighted by molar-refractivity contribution is -0.120. The number of aliphatic hydroxyl groups excluding tert-OH is 1. The van der Waals surface area contributed by atoms with E-state index in [-0.39, 0.29) is 12.5 Å². The molecule has 0 aromatic carbocycles. The van der Waals surface area contributed by atoms with Crippen LogP contribution in [0.4, 0.5) is 0 Å². The summed E-state index contributed by atoms with van der Waals surface area (Å²) in [6.45, 7) is 5.96. The molecule has 0 heterocycles.